The Kier molecular flexibility index (Phi) is 5.84. The number of nitrogens with one attached hydrogen (secondary N) is 3. The molecular formula is C21H26N3O4+. The topological polar surface area (TPSA) is 85.0 Å². The zero-order chi connectivity index (χ0) is 20.3. The fourth-order valence-electron chi connectivity index (χ4n) is 3.20. The van der Waals surface area contributed by atoms with Crippen LogP contribution in [0.15, 0.2) is 40.8 Å². The van der Waals surface area contributed by atoms with Gasteiger partial charge in [0, 0.05) is 22.9 Å². The van der Waals surface area contributed by atoms with Crippen molar-refractivity contribution in [2.24, 2.45) is 0 Å². The number of hydrogen-bond donors (Lipinski definition) is 3. The van der Waals surface area contributed by atoms with Crippen molar-refractivity contribution in [3.8, 4) is 5.75 Å². The third kappa shape index (κ3) is 4.43. The molecule has 148 valence electrons. The predicted octanol–water partition coefficient (Wildman–Crippen LogP) is 1.57. The molecule has 0 aliphatic rings. The first kappa shape index (κ1) is 19.7. The summed E-state index contributed by atoms with van der Waals surface area (Å²) >= 11 is 0. The Hall–Kier alpha value is -3.06. The van der Waals surface area contributed by atoms with Gasteiger partial charge >= 0.3 is 0 Å². The van der Waals surface area contributed by atoms with Gasteiger partial charge in [-0.3, -0.25) is 9.59 Å². The minimum Gasteiger partial charge on any atom is -0.495 e. The van der Waals surface area contributed by atoms with Gasteiger partial charge in [-0.05, 0) is 26.0 Å². The van der Waals surface area contributed by atoms with E-state index >= 15 is 0 Å². The van der Waals surface area contributed by atoms with Crippen molar-refractivity contribution in [3.05, 3.63) is 36.4 Å². The molecule has 3 rings (SSSR count). The third-order valence-electron chi connectivity index (χ3n) is 4.35. The highest BCUT2D eigenvalue weighted by Crippen LogP contribution is 2.36. The summed E-state index contributed by atoms with van der Waals surface area (Å²) < 4.78 is 11.3. The number of rotatable bonds is 7. The smallest absolute Gasteiger partial charge is 0.279 e. The highest BCUT2D eigenvalue weighted by Gasteiger charge is 2.18. The molecule has 0 radical (unpaired) electrons. The minimum atomic E-state index is -0.205. The number of methoxy groups -OCH3 is 1. The van der Waals surface area contributed by atoms with E-state index in [0.717, 1.165) is 21.3 Å². The summed E-state index contributed by atoms with van der Waals surface area (Å²) in [6, 6.07) is 11.5. The van der Waals surface area contributed by atoms with Crippen LogP contribution in [0.5, 0.6) is 5.75 Å². The second kappa shape index (κ2) is 8.31. The number of quaternary nitrogens is 1. The normalized spacial score (nSPS) is 12.3. The summed E-state index contributed by atoms with van der Waals surface area (Å²) in [7, 11) is 3.37. The standard InChI is InChI=1S/C21H25N3O4/c1-13(2)22-20(25)11-24(3)12-21(26)23-16-10-18-15(9-19(16)27-4)14-7-5-6-8-17(14)28-18/h5-10,13H,11-12H2,1-4H3,(H,22,25)(H,23,26)/p+1. The van der Waals surface area contributed by atoms with E-state index in [-0.39, 0.29) is 30.9 Å². The molecular weight excluding hydrogens is 358 g/mol. The van der Waals surface area contributed by atoms with Crippen LogP contribution in [-0.2, 0) is 9.59 Å². The second-order valence-electron chi connectivity index (χ2n) is 7.23. The second-order valence-corrected chi connectivity index (χ2v) is 7.23. The van der Waals surface area contributed by atoms with Gasteiger partial charge < -0.3 is 24.7 Å². The molecule has 0 saturated heterocycles. The van der Waals surface area contributed by atoms with E-state index in [9.17, 15) is 9.59 Å². The molecule has 3 N–H and O–H groups in total. The van der Waals surface area contributed by atoms with Crippen molar-refractivity contribution in [3.63, 3.8) is 0 Å². The fraction of sp³-hybridized carbons (Fsp3) is 0.333. The quantitative estimate of drug-likeness (QED) is 0.577. The van der Waals surface area contributed by atoms with E-state index in [1.807, 2.05) is 44.2 Å². The van der Waals surface area contributed by atoms with Crippen molar-refractivity contribution >= 4 is 39.4 Å². The monoisotopic (exact) mass is 384 g/mol. The fourth-order valence-corrected chi connectivity index (χ4v) is 3.20. The van der Waals surface area contributed by atoms with Crippen LogP contribution in [0.1, 0.15) is 13.8 Å². The summed E-state index contributed by atoms with van der Waals surface area (Å²) in [5.41, 5.74) is 2.00. The van der Waals surface area contributed by atoms with Crippen molar-refractivity contribution in [1.29, 1.82) is 0 Å². The molecule has 1 aromatic heterocycles. The molecule has 0 fully saturated rings. The van der Waals surface area contributed by atoms with E-state index < -0.39 is 0 Å². The zero-order valence-electron chi connectivity index (χ0n) is 16.6. The average Bonchev–Trinajstić information content (AvgIpc) is 2.97. The third-order valence-corrected chi connectivity index (χ3v) is 4.35. The first-order valence-corrected chi connectivity index (χ1v) is 9.27. The van der Waals surface area contributed by atoms with Crippen LogP contribution in [0.25, 0.3) is 21.9 Å². The molecule has 0 aliphatic carbocycles. The van der Waals surface area contributed by atoms with Crippen molar-refractivity contribution in [2.45, 2.75) is 19.9 Å². The molecule has 0 bridgehead atoms. The van der Waals surface area contributed by atoms with Crippen LogP contribution in [0.2, 0.25) is 0 Å². The molecule has 2 aromatic carbocycles. The lowest BCUT2D eigenvalue weighted by Gasteiger charge is -2.15. The van der Waals surface area contributed by atoms with Crippen molar-refractivity contribution in [1.82, 2.24) is 5.32 Å². The van der Waals surface area contributed by atoms with Crippen LogP contribution in [-0.4, -0.2) is 45.1 Å². The number of benzene rings is 2. The van der Waals surface area contributed by atoms with Gasteiger partial charge in [-0.15, -0.1) is 0 Å². The van der Waals surface area contributed by atoms with Gasteiger partial charge in [-0.1, -0.05) is 18.2 Å². The van der Waals surface area contributed by atoms with E-state index in [2.05, 4.69) is 10.6 Å². The molecule has 3 aromatic rings. The maximum Gasteiger partial charge on any atom is 0.279 e. The summed E-state index contributed by atoms with van der Waals surface area (Å²) in [4.78, 5) is 25.1. The number of likely N-dealkylation sites (N-methyl/N-ethyl adjacent to an activating group) is 1. The van der Waals surface area contributed by atoms with Crippen LogP contribution in [0, 0.1) is 0 Å². The van der Waals surface area contributed by atoms with Crippen molar-refractivity contribution in [2.75, 3.05) is 32.6 Å². The largest absolute Gasteiger partial charge is 0.495 e. The van der Waals surface area contributed by atoms with Gasteiger partial charge in [0.2, 0.25) is 0 Å². The highest BCUT2D eigenvalue weighted by molar-refractivity contribution is 6.07. The Balaban J connectivity index is 1.74. The molecule has 0 aliphatic heterocycles. The van der Waals surface area contributed by atoms with Gasteiger partial charge in [0.1, 0.15) is 16.9 Å². The molecule has 1 heterocycles. The molecule has 0 saturated carbocycles. The highest BCUT2D eigenvalue weighted by atomic mass is 16.5. The number of hydrogen-bond acceptors (Lipinski definition) is 4. The molecule has 28 heavy (non-hydrogen) atoms. The maximum absolute atomic E-state index is 12.5. The number of carbonyl (C=O) groups excluding carboxylic acids is 2. The van der Waals surface area contributed by atoms with Gasteiger partial charge in [0.05, 0.1) is 19.8 Å². The number of amides is 2. The number of ether oxygens (including phenoxy) is 1. The molecule has 1 unspecified atom stereocenters. The van der Waals surface area contributed by atoms with E-state index in [0.29, 0.717) is 17.0 Å². The Labute approximate surface area is 163 Å². The van der Waals surface area contributed by atoms with E-state index in [4.69, 9.17) is 9.15 Å². The minimum absolute atomic E-state index is 0.0777. The summed E-state index contributed by atoms with van der Waals surface area (Å²) in [6.07, 6.45) is 0. The number of carbonyl (C=O) groups is 2. The molecule has 1 atom stereocenters. The zero-order valence-corrected chi connectivity index (χ0v) is 16.6. The summed E-state index contributed by atoms with van der Waals surface area (Å²) in [6.45, 7) is 4.19. The van der Waals surface area contributed by atoms with Crippen molar-refractivity contribution < 1.29 is 23.6 Å². The Bertz CT molecular complexity index is 1010. The molecule has 7 heteroatoms. The lowest BCUT2D eigenvalue weighted by atomic mass is 10.1. The predicted molar refractivity (Wildman–Crippen MR) is 109 cm³/mol. The Morgan fingerprint density at radius 2 is 1.79 bits per heavy atom. The first-order chi connectivity index (χ1) is 13.4. The number of anilines is 1. The first-order valence-electron chi connectivity index (χ1n) is 9.27. The lowest BCUT2D eigenvalue weighted by Crippen LogP contribution is -3.11. The van der Waals surface area contributed by atoms with Gasteiger partial charge in [-0.25, -0.2) is 0 Å². The van der Waals surface area contributed by atoms with Gasteiger partial charge in [-0.2, -0.15) is 0 Å². The molecule has 7 nitrogen and oxygen atoms in total. The van der Waals surface area contributed by atoms with E-state index in [1.165, 1.54) is 0 Å². The maximum atomic E-state index is 12.5. The number of para-hydroxylation sites is 1. The SMILES string of the molecule is COc1cc2c(cc1NC(=O)C[NH+](C)CC(=O)NC(C)C)oc1ccccc12. The van der Waals surface area contributed by atoms with Crippen LogP contribution in [0.3, 0.4) is 0 Å². The van der Waals surface area contributed by atoms with Gasteiger partial charge in [0.25, 0.3) is 11.8 Å². The molecule has 0 spiro atoms. The number of fused-ring (bicyclic) bond motifs is 3. The number of furan rings is 1. The van der Waals surface area contributed by atoms with Gasteiger partial charge in [0.15, 0.2) is 13.1 Å². The summed E-state index contributed by atoms with van der Waals surface area (Å²) in [5.74, 6) is 0.271. The van der Waals surface area contributed by atoms with Crippen LogP contribution in [0.4, 0.5) is 5.69 Å². The van der Waals surface area contributed by atoms with Crippen LogP contribution < -0.4 is 20.3 Å². The lowest BCUT2D eigenvalue weighted by molar-refractivity contribution is -0.862. The Morgan fingerprint density at radius 3 is 2.50 bits per heavy atom. The van der Waals surface area contributed by atoms with Crippen LogP contribution >= 0.6 is 0 Å². The Morgan fingerprint density at radius 1 is 1.07 bits per heavy atom. The summed E-state index contributed by atoms with van der Waals surface area (Å²) in [5, 5.41) is 7.61. The molecule has 2 amide bonds. The van der Waals surface area contributed by atoms with E-state index in [1.54, 1.807) is 20.2 Å². The average molecular weight is 384 g/mol.